The topological polar surface area (TPSA) is 75.2 Å². The lowest BCUT2D eigenvalue weighted by Crippen LogP contribution is -2.48. The van der Waals surface area contributed by atoms with Crippen molar-refractivity contribution in [3.05, 3.63) is 28.8 Å². The van der Waals surface area contributed by atoms with E-state index in [4.69, 9.17) is 21.1 Å². The molecule has 7 nitrogen and oxygen atoms in total. The number of hydrogen-bond donors (Lipinski definition) is 2. The van der Waals surface area contributed by atoms with E-state index in [1.165, 1.54) is 0 Å². The third-order valence-corrected chi connectivity index (χ3v) is 6.19. The van der Waals surface area contributed by atoms with Gasteiger partial charge in [-0.25, -0.2) is 4.99 Å². The van der Waals surface area contributed by atoms with Gasteiger partial charge < -0.3 is 25.0 Å². The maximum Gasteiger partial charge on any atom is 0.244 e. The zero-order chi connectivity index (χ0) is 21.4. The van der Waals surface area contributed by atoms with Gasteiger partial charge in [0.25, 0.3) is 0 Å². The van der Waals surface area contributed by atoms with Gasteiger partial charge in [0, 0.05) is 55.4 Å². The van der Waals surface area contributed by atoms with Crippen LogP contribution in [0, 0.1) is 0 Å². The fourth-order valence-corrected chi connectivity index (χ4v) is 4.38. The van der Waals surface area contributed by atoms with Crippen molar-refractivity contribution < 1.29 is 14.3 Å². The van der Waals surface area contributed by atoms with E-state index in [2.05, 4.69) is 15.6 Å². The lowest BCUT2D eigenvalue weighted by atomic mass is 9.73. The van der Waals surface area contributed by atoms with E-state index in [1.54, 1.807) is 7.11 Å². The fourth-order valence-electron chi connectivity index (χ4n) is 4.21. The highest BCUT2D eigenvalue weighted by molar-refractivity contribution is 14.0. The number of aliphatic imine (C=N–C) groups is 1. The van der Waals surface area contributed by atoms with Gasteiger partial charge in [-0.1, -0.05) is 11.6 Å². The molecule has 2 saturated heterocycles. The van der Waals surface area contributed by atoms with Gasteiger partial charge in [0.2, 0.25) is 5.91 Å². The molecule has 2 fully saturated rings. The van der Waals surface area contributed by atoms with Gasteiger partial charge in [0.15, 0.2) is 5.96 Å². The molecule has 0 bridgehead atoms. The van der Waals surface area contributed by atoms with E-state index in [-0.39, 0.29) is 41.8 Å². The number of guanidine groups is 1. The Kier molecular flexibility index (Phi) is 10.6. The van der Waals surface area contributed by atoms with Gasteiger partial charge in [0.1, 0.15) is 12.3 Å². The second-order valence-electron chi connectivity index (χ2n) is 7.87. The van der Waals surface area contributed by atoms with Crippen molar-refractivity contribution in [2.45, 2.75) is 38.0 Å². The van der Waals surface area contributed by atoms with Gasteiger partial charge in [-0.3, -0.25) is 4.79 Å². The molecule has 9 heteroatoms. The van der Waals surface area contributed by atoms with Gasteiger partial charge in [-0.05, 0) is 50.8 Å². The first-order chi connectivity index (χ1) is 14.6. The number of nitrogens with one attached hydrogen (secondary N) is 2. The maximum absolute atomic E-state index is 12.4. The summed E-state index contributed by atoms with van der Waals surface area (Å²) in [6, 6.07) is 5.76. The summed E-state index contributed by atoms with van der Waals surface area (Å²) in [4.78, 5) is 18.8. The summed E-state index contributed by atoms with van der Waals surface area (Å²) >= 11 is 6.33. The van der Waals surface area contributed by atoms with Crippen LogP contribution in [0.25, 0.3) is 0 Å². The molecule has 0 unspecified atom stereocenters. The average molecular weight is 565 g/mol. The number of carbonyl (C=O) groups excluding carboxylic acids is 1. The van der Waals surface area contributed by atoms with Crippen LogP contribution in [-0.4, -0.2) is 69.8 Å². The number of halogens is 2. The Bertz CT molecular complexity index is 750. The minimum absolute atomic E-state index is 0. The highest BCUT2D eigenvalue weighted by atomic mass is 127. The number of methoxy groups -OCH3 is 1. The molecule has 2 heterocycles. The SMILES string of the molecule is CCNC(=NCC(=O)N1CCCC1)NCC1(c2cc(Cl)ccc2OC)CCOCC1.I. The molecular weight excluding hydrogens is 531 g/mol. The lowest BCUT2D eigenvalue weighted by molar-refractivity contribution is -0.128. The number of likely N-dealkylation sites (tertiary alicyclic amines) is 1. The molecule has 174 valence electrons. The molecule has 1 amide bonds. The number of nitrogens with zero attached hydrogens (tertiary/aromatic N) is 2. The average Bonchev–Trinajstić information content (AvgIpc) is 3.31. The van der Waals surface area contributed by atoms with Crippen molar-refractivity contribution in [1.29, 1.82) is 0 Å². The van der Waals surface area contributed by atoms with Crippen molar-refractivity contribution in [3.8, 4) is 5.75 Å². The number of benzene rings is 1. The van der Waals surface area contributed by atoms with Crippen molar-refractivity contribution in [3.63, 3.8) is 0 Å². The second kappa shape index (κ2) is 12.7. The van der Waals surface area contributed by atoms with Gasteiger partial charge in [-0.2, -0.15) is 0 Å². The van der Waals surface area contributed by atoms with E-state index in [9.17, 15) is 4.79 Å². The third kappa shape index (κ3) is 6.86. The Morgan fingerprint density at radius 3 is 2.61 bits per heavy atom. The largest absolute Gasteiger partial charge is 0.496 e. The van der Waals surface area contributed by atoms with Crippen molar-refractivity contribution >= 4 is 47.4 Å². The molecule has 2 N–H and O–H groups in total. The van der Waals surface area contributed by atoms with Crippen LogP contribution in [-0.2, 0) is 14.9 Å². The summed E-state index contributed by atoms with van der Waals surface area (Å²) in [5.41, 5.74) is 0.890. The monoisotopic (exact) mass is 564 g/mol. The molecular formula is C22H34ClIN4O3. The zero-order valence-corrected chi connectivity index (χ0v) is 21.5. The van der Waals surface area contributed by atoms with Crippen LogP contribution in [0.4, 0.5) is 0 Å². The molecule has 0 aromatic heterocycles. The zero-order valence-electron chi connectivity index (χ0n) is 18.4. The predicted molar refractivity (Wildman–Crippen MR) is 135 cm³/mol. The van der Waals surface area contributed by atoms with Gasteiger partial charge >= 0.3 is 0 Å². The fraction of sp³-hybridized carbons (Fsp3) is 0.636. The summed E-state index contributed by atoms with van der Waals surface area (Å²) in [6.45, 7) is 6.59. The van der Waals surface area contributed by atoms with E-state index in [1.807, 2.05) is 30.0 Å². The molecule has 0 radical (unpaired) electrons. The van der Waals surface area contributed by atoms with E-state index in [0.29, 0.717) is 30.7 Å². The minimum Gasteiger partial charge on any atom is -0.496 e. The van der Waals surface area contributed by atoms with Gasteiger partial charge in [0.05, 0.1) is 7.11 Å². The molecule has 3 rings (SSSR count). The van der Waals surface area contributed by atoms with Crippen LogP contribution in [0.3, 0.4) is 0 Å². The van der Waals surface area contributed by atoms with Crippen molar-refractivity contribution in [2.24, 2.45) is 4.99 Å². The van der Waals surface area contributed by atoms with Crippen molar-refractivity contribution in [2.75, 3.05) is 53.0 Å². The molecule has 2 aliphatic heterocycles. The number of hydrogen-bond acceptors (Lipinski definition) is 4. The van der Waals surface area contributed by atoms with Crippen LogP contribution >= 0.6 is 35.6 Å². The molecule has 1 aromatic rings. The highest BCUT2D eigenvalue weighted by Crippen LogP contribution is 2.40. The molecule has 1 aromatic carbocycles. The minimum atomic E-state index is -0.191. The number of amides is 1. The van der Waals surface area contributed by atoms with Crippen LogP contribution in [0.15, 0.2) is 23.2 Å². The molecule has 0 aliphatic carbocycles. The Balaban J connectivity index is 0.00000341. The lowest BCUT2D eigenvalue weighted by Gasteiger charge is -2.39. The van der Waals surface area contributed by atoms with E-state index < -0.39 is 0 Å². The maximum atomic E-state index is 12.4. The van der Waals surface area contributed by atoms with Gasteiger partial charge in [-0.15, -0.1) is 24.0 Å². The summed E-state index contributed by atoms with van der Waals surface area (Å²) in [5, 5.41) is 7.41. The van der Waals surface area contributed by atoms with Crippen LogP contribution in [0.5, 0.6) is 5.75 Å². The Labute approximate surface area is 207 Å². The smallest absolute Gasteiger partial charge is 0.244 e. The van der Waals surface area contributed by atoms with Crippen LogP contribution < -0.4 is 15.4 Å². The number of carbonyl (C=O) groups is 1. The first kappa shape index (κ1) is 26.0. The van der Waals surface area contributed by atoms with Crippen LogP contribution in [0.2, 0.25) is 5.02 Å². The van der Waals surface area contributed by atoms with Crippen molar-refractivity contribution in [1.82, 2.24) is 15.5 Å². The third-order valence-electron chi connectivity index (χ3n) is 5.95. The second-order valence-corrected chi connectivity index (χ2v) is 8.31. The molecule has 0 saturated carbocycles. The van der Waals surface area contributed by atoms with Crippen LogP contribution in [0.1, 0.15) is 38.2 Å². The Morgan fingerprint density at radius 1 is 1.26 bits per heavy atom. The quantitative estimate of drug-likeness (QED) is 0.302. The molecule has 0 spiro atoms. The normalized spacial score (nSPS) is 18.3. The summed E-state index contributed by atoms with van der Waals surface area (Å²) in [5.74, 6) is 1.56. The highest BCUT2D eigenvalue weighted by Gasteiger charge is 2.37. The summed E-state index contributed by atoms with van der Waals surface area (Å²) in [6.07, 6.45) is 3.87. The predicted octanol–water partition coefficient (Wildman–Crippen LogP) is 3.19. The standard InChI is InChI=1S/C22H33ClN4O3.HI/c1-3-24-21(25-15-20(28)27-10-4-5-11-27)26-16-22(8-12-30-13-9-22)18-14-17(23)6-7-19(18)29-2;/h6-7,14H,3-5,8-13,15-16H2,1-2H3,(H2,24,25,26);1H. The van der Waals surface area contributed by atoms with E-state index in [0.717, 1.165) is 56.6 Å². The van der Waals surface area contributed by atoms with E-state index >= 15 is 0 Å². The molecule has 2 aliphatic rings. The molecule has 0 atom stereocenters. The Morgan fingerprint density at radius 2 is 1.97 bits per heavy atom. The Hall–Kier alpha value is -1.26. The summed E-state index contributed by atoms with van der Waals surface area (Å²) in [7, 11) is 1.68. The molecule has 31 heavy (non-hydrogen) atoms. The first-order valence-electron chi connectivity index (χ1n) is 10.8. The number of rotatable bonds is 7. The first-order valence-corrected chi connectivity index (χ1v) is 11.2. The summed E-state index contributed by atoms with van der Waals surface area (Å²) < 4.78 is 11.3. The number of ether oxygens (including phenoxy) is 2.